The summed E-state index contributed by atoms with van der Waals surface area (Å²) in [7, 11) is 1.57. The minimum absolute atomic E-state index is 0.0473. The monoisotopic (exact) mass is 507 g/mol. The van der Waals surface area contributed by atoms with Crippen LogP contribution in [0.2, 0.25) is 0 Å². The quantitative estimate of drug-likeness (QED) is 0.565. The number of carbonyl (C=O) groups is 2. The first-order chi connectivity index (χ1) is 15.1. The van der Waals surface area contributed by atoms with E-state index in [4.69, 9.17) is 9.47 Å². The third kappa shape index (κ3) is 4.71. The summed E-state index contributed by atoms with van der Waals surface area (Å²) < 4.78 is 11.7. The van der Waals surface area contributed by atoms with E-state index in [-0.39, 0.29) is 11.9 Å². The lowest BCUT2D eigenvalue weighted by Gasteiger charge is -2.36. The number of piperidine rings is 1. The fourth-order valence-corrected chi connectivity index (χ4v) is 4.66. The summed E-state index contributed by atoms with van der Waals surface area (Å²) in [5.74, 6) is -0.144. The van der Waals surface area contributed by atoms with Crippen molar-refractivity contribution < 1.29 is 19.1 Å². The Kier molecular flexibility index (Phi) is 6.10. The zero-order valence-electron chi connectivity index (χ0n) is 18.9. The fourth-order valence-electron chi connectivity index (χ4n) is 4.11. The molecule has 4 rings (SSSR count). The van der Waals surface area contributed by atoms with Gasteiger partial charge in [-0.25, -0.2) is 9.78 Å². The topological polar surface area (TPSA) is 109 Å². The highest BCUT2D eigenvalue weighted by Crippen LogP contribution is 2.42. The van der Waals surface area contributed by atoms with Gasteiger partial charge in [0.1, 0.15) is 16.8 Å². The minimum Gasteiger partial charge on any atom is -0.444 e. The molecule has 32 heavy (non-hydrogen) atoms. The first-order valence-corrected chi connectivity index (χ1v) is 11.7. The second-order valence-corrected chi connectivity index (χ2v) is 10.3. The summed E-state index contributed by atoms with van der Waals surface area (Å²) in [5.41, 5.74) is 1.02. The van der Waals surface area contributed by atoms with Gasteiger partial charge in [-0.2, -0.15) is 0 Å². The van der Waals surface area contributed by atoms with Crippen LogP contribution in [0.4, 0.5) is 16.2 Å². The van der Waals surface area contributed by atoms with E-state index in [1.54, 1.807) is 19.5 Å². The Bertz CT molecular complexity index is 1030. The largest absolute Gasteiger partial charge is 0.444 e. The van der Waals surface area contributed by atoms with Crippen LogP contribution in [-0.4, -0.2) is 59.4 Å². The Balaban J connectivity index is 1.58. The van der Waals surface area contributed by atoms with Gasteiger partial charge in [-0.1, -0.05) is 0 Å². The van der Waals surface area contributed by atoms with Crippen LogP contribution in [-0.2, 0) is 14.3 Å². The molecule has 1 atom stereocenters. The number of aromatic nitrogens is 2. The van der Waals surface area contributed by atoms with Gasteiger partial charge in [0.15, 0.2) is 0 Å². The molecule has 2 aromatic rings. The number of H-pyrrole nitrogens is 1. The number of pyridine rings is 1. The van der Waals surface area contributed by atoms with Gasteiger partial charge >= 0.3 is 6.09 Å². The van der Waals surface area contributed by atoms with Crippen molar-refractivity contribution in [1.82, 2.24) is 15.3 Å². The molecule has 1 saturated heterocycles. The fraction of sp³-hybridized carbons (Fsp3) is 0.591. The van der Waals surface area contributed by atoms with Crippen LogP contribution in [0.15, 0.2) is 16.9 Å². The van der Waals surface area contributed by atoms with Gasteiger partial charge in [0, 0.05) is 38.6 Å². The number of alkyl carbamates (subject to hydrolysis) is 1. The standard InChI is InChI=1S/C22H30BrN5O4/c1-21(2,3)32-20(30)26-13-6-5-9-28(12-13)17-14(23)10-24-18-16(17)15(11-25-18)27-19(29)22(31-4)7-8-22/h10-11,13H,5-9,12H2,1-4H3,(H,24,25)(H,26,30)(H,27,29). The predicted octanol–water partition coefficient (Wildman–Crippen LogP) is 3.94. The van der Waals surface area contributed by atoms with E-state index >= 15 is 0 Å². The normalized spacial score (nSPS) is 20.2. The number of hydrogen-bond acceptors (Lipinski definition) is 6. The van der Waals surface area contributed by atoms with Crippen LogP contribution in [0.25, 0.3) is 11.0 Å². The Morgan fingerprint density at radius 3 is 2.75 bits per heavy atom. The molecule has 9 nitrogen and oxygen atoms in total. The lowest BCUT2D eigenvalue weighted by atomic mass is 10.0. The number of amides is 2. The molecule has 0 bridgehead atoms. The third-order valence-corrected chi connectivity index (χ3v) is 6.43. The van der Waals surface area contributed by atoms with Crippen molar-refractivity contribution in [2.75, 3.05) is 30.4 Å². The first kappa shape index (κ1) is 22.8. The zero-order valence-corrected chi connectivity index (χ0v) is 20.5. The number of halogens is 1. The maximum absolute atomic E-state index is 12.8. The number of rotatable bonds is 5. The first-order valence-electron chi connectivity index (χ1n) is 10.9. The molecule has 3 N–H and O–H groups in total. The molecule has 2 fully saturated rings. The molecule has 1 saturated carbocycles. The molecule has 2 aromatic heterocycles. The molecule has 1 aliphatic carbocycles. The lowest BCUT2D eigenvalue weighted by molar-refractivity contribution is -0.128. The Morgan fingerprint density at radius 1 is 1.34 bits per heavy atom. The van der Waals surface area contributed by atoms with Crippen molar-refractivity contribution >= 4 is 50.3 Å². The van der Waals surface area contributed by atoms with Crippen LogP contribution in [0, 0.1) is 0 Å². The number of anilines is 2. The van der Waals surface area contributed by atoms with Gasteiger partial charge in [-0.05, 0) is 62.4 Å². The van der Waals surface area contributed by atoms with Gasteiger partial charge in [0.2, 0.25) is 0 Å². The van der Waals surface area contributed by atoms with E-state index in [1.807, 2.05) is 20.8 Å². The number of nitrogens with one attached hydrogen (secondary N) is 3. The lowest BCUT2D eigenvalue weighted by Crippen LogP contribution is -2.49. The highest BCUT2D eigenvalue weighted by Gasteiger charge is 2.50. The number of aromatic amines is 1. The third-order valence-electron chi connectivity index (χ3n) is 5.84. The summed E-state index contributed by atoms with van der Waals surface area (Å²) in [5, 5.41) is 6.84. The Hall–Kier alpha value is -2.33. The number of methoxy groups -OCH3 is 1. The van der Waals surface area contributed by atoms with Gasteiger partial charge < -0.3 is 30.0 Å². The number of carbonyl (C=O) groups excluding carboxylic acids is 2. The summed E-state index contributed by atoms with van der Waals surface area (Å²) in [6, 6.07) is -0.0473. The van der Waals surface area contributed by atoms with E-state index in [1.165, 1.54) is 0 Å². The second kappa shape index (κ2) is 8.55. The van der Waals surface area contributed by atoms with Crippen LogP contribution in [0.3, 0.4) is 0 Å². The van der Waals surface area contributed by atoms with E-state index < -0.39 is 17.3 Å². The smallest absolute Gasteiger partial charge is 0.407 e. The molecular weight excluding hydrogens is 478 g/mol. The van der Waals surface area contributed by atoms with Crippen molar-refractivity contribution in [3.63, 3.8) is 0 Å². The average Bonchev–Trinajstić information content (AvgIpc) is 3.43. The van der Waals surface area contributed by atoms with E-state index in [9.17, 15) is 9.59 Å². The van der Waals surface area contributed by atoms with Crippen molar-refractivity contribution in [2.45, 2.75) is 63.7 Å². The number of hydrogen-bond donors (Lipinski definition) is 3. The highest BCUT2D eigenvalue weighted by atomic mass is 79.9. The van der Waals surface area contributed by atoms with Crippen LogP contribution >= 0.6 is 15.9 Å². The molecule has 2 aliphatic rings. The predicted molar refractivity (Wildman–Crippen MR) is 126 cm³/mol. The van der Waals surface area contributed by atoms with Crippen LogP contribution in [0.5, 0.6) is 0 Å². The molecule has 10 heteroatoms. The maximum Gasteiger partial charge on any atom is 0.407 e. The number of ether oxygens (including phenoxy) is 2. The van der Waals surface area contributed by atoms with E-state index in [0.717, 1.165) is 47.8 Å². The number of nitrogens with zero attached hydrogens (tertiary/aromatic N) is 2. The molecule has 1 aliphatic heterocycles. The van der Waals surface area contributed by atoms with Crippen molar-refractivity contribution in [3.8, 4) is 0 Å². The summed E-state index contributed by atoms with van der Waals surface area (Å²) >= 11 is 3.65. The Morgan fingerprint density at radius 2 is 2.09 bits per heavy atom. The minimum atomic E-state index is -0.725. The van der Waals surface area contributed by atoms with Gasteiger partial charge in [0.05, 0.1) is 21.2 Å². The summed E-state index contributed by atoms with van der Waals surface area (Å²) in [6.45, 7) is 6.99. The summed E-state index contributed by atoms with van der Waals surface area (Å²) in [6.07, 6.45) is 6.32. The maximum atomic E-state index is 12.8. The molecule has 0 spiro atoms. The molecular formula is C22H30BrN5O4. The molecule has 2 amide bonds. The van der Waals surface area contributed by atoms with Crippen molar-refractivity contribution in [2.24, 2.45) is 0 Å². The summed E-state index contributed by atoms with van der Waals surface area (Å²) in [4.78, 5) is 34.9. The van der Waals surface area contributed by atoms with E-state index in [2.05, 4.69) is 41.4 Å². The second-order valence-electron chi connectivity index (χ2n) is 9.46. The van der Waals surface area contributed by atoms with E-state index in [0.29, 0.717) is 17.9 Å². The molecule has 0 aromatic carbocycles. The Labute approximate surface area is 195 Å². The zero-order chi connectivity index (χ0) is 23.1. The molecule has 0 radical (unpaired) electrons. The average molecular weight is 508 g/mol. The van der Waals surface area contributed by atoms with Gasteiger partial charge in [0.25, 0.3) is 5.91 Å². The number of fused-ring (bicyclic) bond motifs is 1. The molecule has 3 heterocycles. The molecule has 174 valence electrons. The highest BCUT2D eigenvalue weighted by molar-refractivity contribution is 9.10. The van der Waals surface area contributed by atoms with Crippen LogP contribution in [0.1, 0.15) is 46.5 Å². The van der Waals surface area contributed by atoms with Gasteiger partial charge in [-0.3, -0.25) is 4.79 Å². The van der Waals surface area contributed by atoms with Crippen molar-refractivity contribution in [3.05, 3.63) is 16.9 Å². The SMILES string of the molecule is COC1(C(=O)Nc2c[nH]c3ncc(Br)c(N4CCCC(NC(=O)OC(C)(C)C)C4)c23)CC1. The van der Waals surface area contributed by atoms with Crippen molar-refractivity contribution in [1.29, 1.82) is 0 Å². The van der Waals surface area contributed by atoms with Crippen LogP contribution < -0.4 is 15.5 Å². The molecule has 1 unspecified atom stereocenters. The van der Waals surface area contributed by atoms with Gasteiger partial charge in [-0.15, -0.1) is 0 Å².